The van der Waals surface area contributed by atoms with Crippen molar-refractivity contribution in [1.29, 1.82) is 5.26 Å². The second-order valence-electron chi connectivity index (χ2n) is 8.11. The Morgan fingerprint density at radius 3 is 2.41 bits per heavy atom. The molecule has 0 unspecified atom stereocenters. The zero-order valence-corrected chi connectivity index (χ0v) is 17.6. The average molecular weight is 395 g/mol. The van der Waals surface area contributed by atoms with Crippen molar-refractivity contribution in [1.82, 2.24) is 4.98 Å². The molecule has 3 aromatic carbocycles. The Balaban J connectivity index is 1.69. The third-order valence-corrected chi connectivity index (χ3v) is 5.88. The van der Waals surface area contributed by atoms with Crippen molar-refractivity contribution >= 4 is 33.8 Å². The van der Waals surface area contributed by atoms with Crippen LogP contribution in [0, 0.1) is 11.3 Å². The van der Waals surface area contributed by atoms with Crippen LogP contribution >= 0.6 is 11.3 Å². The topological polar surface area (TPSA) is 36.7 Å². The smallest absolute Gasteiger partial charge is 0.134 e. The van der Waals surface area contributed by atoms with E-state index in [4.69, 9.17) is 4.98 Å². The van der Waals surface area contributed by atoms with Crippen LogP contribution in [-0.2, 0) is 5.41 Å². The summed E-state index contributed by atoms with van der Waals surface area (Å²) in [4.78, 5) is 4.78. The summed E-state index contributed by atoms with van der Waals surface area (Å²) < 4.78 is 0. The molecule has 1 aromatic heterocycles. The first-order chi connectivity index (χ1) is 14.0. The van der Waals surface area contributed by atoms with E-state index in [0.29, 0.717) is 5.57 Å². The molecule has 0 atom stereocenters. The number of benzene rings is 3. The van der Waals surface area contributed by atoms with E-state index >= 15 is 0 Å². The van der Waals surface area contributed by atoms with Gasteiger partial charge in [0.1, 0.15) is 11.1 Å². The summed E-state index contributed by atoms with van der Waals surface area (Å²) in [7, 11) is 0. The van der Waals surface area contributed by atoms with Gasteiger partial charge in [-0.05, 0) is 33.4 Å². The van der Waals surface area contributed by atoms with Crippen LogP contribution < -0.4 is 0 Å². The van der Waals surface area contributed by atoms with Crippen molar-refractivity contribution in [3.8, 4) is 17.3 Å². The van der Waals surface area contributed by atoms with Crippen LogP contribution in [0.15, 0.2) is 72.1 Å². The molecule has 0 N–H and O–H groups in total. The molecule has 4 aromatic rings. The number of allylic oxidation sites excluding steroid dienone is 1. The van der Waals surface area contributed by atoms with Crippen molar-refractivity contribution in [2.24, 2.45) is 0 Å². The Labute approximate surface area is 175 Å². The van der Waals surface area contributed by atoms with Gasteiger partial charge >= 0.3 is 0 Å². The highest BCUT2D eigenvalue weighted by molar-refractivity contribution is 7.11. The molecule has 0 aliphatic rings. The Morgan fingerprint density at radius 2 is 1.69 bits per heavy atom. The van der Waals surface area contributed by atoms with Crippen LogP contribution in [0.1, 0.15) is 36.9 Å². The van der Waals surface area contributed by atoms with Crippen LogP contribution in [-0.4, -0.2) is 4.98 Å². The molecule has 0 spiro atoms. The fourth-order valence-electron chi connectivity index (χ4n) is 3.36. The number of rotatable bonds is 3. The highest BCUT2D eigenvalue weighted by Gasteiger charge is 2.14. The molecule has 3 heteroatoms. The molecule has 2 nitrogen and oxygen atoms in total. The molecule has 0 aliphatic carbocycles. The van der Waals surface area contributed by atoms with Gasteiger partial charge in [0.2, 0.25) is 0 Å². The van der Waals surface area contributed by atoms with Crippen LogP contribution in [0.3, 0.4) is 0 Å². The summed E-state index contributed by atoms with van der Waals surface area (Å²) in [6.07, 6.45) is 1.91. The standard InChI is InChI=1S/C26H22N2S/c1-26(2,3)21-13-11-18(12-14-21)15-20(16-27)25-28-24(17-29-25)23-10-6-8-19-7-4-5-9-22(19)23/h4-15,17H,1-3H3/b20-15+. The van der Waals surface area contributed by atoms with Gasteiger partial charge < -0.3 is 0 Å². The zero-order chi connectivity index (χ0) is 20.4. The number of nitrogens with zero attached hydrogens (tertiary/aromatic N) is 2. The first kappa shape index (κ1) is 19.1. The van der Waals surface area contributed by atoms with Crippen LogP contribution in [0.5, 0.6) is 0 Å². The highest BCUT2D eigenvalue weighted by Crippen LogP contribution is 2.32. The number of hydrogen-bond donors (Lipinski definition) is 0. The van der Waals surface area contributed by atoms with Crippen LogP contribution in [0.25, 0.3) is 33.7 Å². The van der Waals surface area contributed by atoms with Gasteiger partial charge in [-0.3, -0.25) is 0 Å². The summed E-state index contributed by atoms with van der Waals surface area (Å²) in [5.74, 6) is 0. The zero-order valence-electron chi connectivity index (χ0n) is 16.8. The molecule has 0 aliphatic heterocycles. The van der Waals surface area contributed by atoms with Crippen molar-refractivity contribution in [2.45, 2.75) is 26.2 Å². The van der Waals surface area contributed by atoms with Crippen molar-refractivity contribution in [2.75, 3.05) is 0 Å². The molecule has 142 valence electrons. The van der Waals surface area contributed by atoms with Gasteiger partial charge in [-0.1, -0.05) is 87.5 Å². The largest absolute Gasteiger partial charge is 0.235 e. The average Bonchev–Trinajstić information content (AvgIpc) is 3.21. The Kier molecular flexibility index (Phi) is 5.05. The number of fused-ring (bicyclic) bond motifs is 1. The van der Waals surface area contributed by atoms with Crippen molar-refractivity contribution in [3.05, 3.63) is 88.2 Å². The van der Waals surface area contributed by atoms with E-state index in [1.165, 1.54) is 27.7 Å². The lowest BCUT2D eigenvalue weighted by atomic mass is 9.86. The van der Waals surface area contributed by atoms with Gasteiger partial charge in [-0.15, -0.1) is 11.3 Å². The van der Waals surface area contributed by atoms with Gasteiger partial charge in [0.25, 0.3) is 0 Å². The van der Waals surface area contributed by atoms with Crippen molar-refractivity contribution < 1.29 is 0 Å². The molecular formula is C26H22N2S. The molecule has 29 heavy (non-hydrogen) atoms. The van der Waals surface area contributed by atoms with E-state index in [0.717, 1.165) is 21.8 Å². The minimum absolute atomic E-state index is 0.114. The first-order valence-corrected chi connectivity index (χ1v) is 10.5. The molecule has 4 rings (SSSR count). The van der Waals surface area contributed by atoms with E-state index in [1.807, 2.05) is 23.6 Å². The first-order valence-electron chi connectivity index (χ1n) is 9.62. The van der Waals surface area contributed by atoms with E-state index in [2.05, 4.69) is 81.4 Å². The summed E-state index contributed by atoms with van der Waals surface area (Å²) in [6.45, 7) is 6.59. The minimum Gasteiger partial charge on any atom is -0.235 e. The van der Waals surface area contributed by atoms with E-state index < -0.39 is 0 Å². The Hall–Kier alpha value is -3.22. The van der Waals surface area contributed by atoms with Gasteiger partial charge in [0.15, 0.2) is 0 Å². The molecule has 0 radical (unpaired) electrons. The molecular weight excluding hydrogens is 372 g/mol. The Morgan fingerprint density at radius 1 is 0.966 bits per heavy atom. The summed E-state index contributed by atoms with van der Waals surface area (Å²) in [5.41, 5.74) is 4.99. The second kappa shape index (κ2) is 7.66. The lowest BCUT2D eigenvalue weighted by Gasteiger charge is -2.18. The van der Waals surface area contributed by atoms with Gasteiger partial charge in [0, 0.05) is 10.9 Å². The number of aromatic nitrogens is 1. The predicted octanol–water partition coefficient (Wildman–Crippen LogP) is 7.32. The van der Waals surface area contributed by atoms with Crippen LogP contribution in [0.4, 0.5) is 0 Å². The maximum atomic E-state index is 9.72. The monoisotopic (exact) mass is 394 g/mol. The predicted molar refractivity (Wildman–Crippen MR) is 124 cm³/mol. The lowest BCUT2D eigenvalue weighted by Crippen LogP contribution is -2.10. The quantitative estimate of drug-likeness (QED) is 0.341. The number of thiazole rings is 1. The maximum absolute atomic E-state index is 9.72. The van der Waals surface area contributed by atoms with E-state index in [-0.39, 0.29) is 5.41 Å². The molecule has 0 saturated carbocycles. The SMILES string of the molecule is CC(C)(C)c1ccc(/C=C(\C#N)c2nc(-c3cccc4ccccc34)cs2)cc1. The van der Waals surface area contributed by atoms with Gasteiger partial charge in [0.05, 0.1) is 11.3 Å². The molecule has 0 saturated heterocycles. The highest BCUT2D eigenvalue weighted by atomic mass is 32.1. The third kappa shape index (κ3) is 3.99. The molecule has 0 amide bonds. The Bertz CT molecular complexity index is 1230. The van der Waals surface area contributed by atoms with E-state index in [1.54, 1.807) is 0 Å². The summed E-state index contributed by atoms with van der Waals surface area (Å²) in [6, 6.07) is 25.3. The van der Waals surface area contributed by atoms with Gasteiger partial charge in [-0.25, -0.2) is 4.98 Å². The third-order valence-electron chi connectivity index (χ3n) is 5.01. The second-order valence-corrected chi connectivity index (χ2v) is 8.96. The minimum atomic E-state index is 0.114. The fourth-order valence-corrected chi connectivity index (χ4v) is 4.14. The van der Waals surface area contributed by atoms with Crippen LogP contribution in [0.2, 0.25) is 0 Å². The number of nitriles is 1. The lowest BCUT2D eigenvalue weighted by molar-refractivity contribution is 0.590. The molecule has 0 bridgehead atoms. The van der Waals surface area contributed by atoms with E-state index in [9.17, 15) is 5.26 Å². The summed E-state index contributed by atoms with van der Waals surface area (Å²) >= 11 is 1.51. The van der Waals surface area contributed by atoms with Crippen molar-refractivity contribution in [3.63, 3.8) is 0 Å². The van der Waals surface area contributed by atoms with Gasteiger partial charge in [-0.2, -0.15) is 5.26 Å². The summed E-state index contributed by atoms with van der Waals surface area (Å²) in [5, 5.41) is 14.9. The molecule has 0 fully saturated rings. The number of hydrogen-bond acceptors (Lipinski definition) is 3. The molecule has 1 heterocycles. The normalized spacial score (nSPS) is 12.1. The fraction of sp³-hybridized carbons (Fsp3) is 0.154. The maximum Gasteiger partial charge on any atom is 0.134 e.